The second-order valence-corrected chi connectivity index (χ2v) is 8.62. The fraction of sp³-hybridized carbons (Fsp3) is 0.120. The third kappa shape index (κ3) is 4.31. The molecule has 1 fully saturated rings. The number of halogens is 1. The zero-order chi connectivity index (χ0) is 24.5. The number of nitrogens with one attached hydrogen (secondary N) is 1. The Labute approximate surface area is 211 Å². The first-order chi connectivity index (χ1) is 17.0. The molecule has 35 heavy (non-hydrogen) atoms. The van der Waals surface area contributed by atoms with Crippen molar-refractivity contribution in [3.63, 3.8) is 0 Å². The van der Waals surface area contributed by atoms with Crippen LogP contribution in [0.15, 0.2) is 83.4 Å². The third-order valence-corrected chi connectivity index (χ3v) is 6.38. The van der Waals surface area contributed by atoms with Gasteiger partial charge in [-0.2, -0.15) is 0 Å². The number of ether oxygens (including phenoxy) is 1. The highest BCUT2D eigenvalue weighted by Gasteiger charge is 2.42. The number of anilines is 1. The molecule has 1 aliphatic rings. The van der Waals surface area contributed by atoms with Gasteiger partial charge >= 0.3 is 0 Å². The van der Waals surface area contributed by atoms with Crippen molar-refractivity contribution in [2.24, 2.45) is 0 Å². The average Bonchev–Trinajstić information content (AvgIpc) is 3.49. The summed E-state index contributed by atoms with van der Waals surface area (Å²) in [5, 5.41) is 15.5. The molecule has 176 valence electrons. The smallest absolute Gasteiger partial charge is 0.270 e. The summed E-state index contributed by atoms with van der Waals surface area (Å²) < 4.78 is 11.6. The molecule has 10 heteroatoms. The number of non-ortho nitro benzene ring substituents is 1. The molecule has 8 nitrogen and oxygen atoms in total. The number of rotatable bonds is 6. The maximum Gasteiger partial charge on any atom is 0.270 e. The summed E-state index contributed by atoms with van der Waals surface area (Å²) >= 11 is 12.1. The lowest BCUT2D eigenvalue weighted by molar-refractivity contribution is -0.384. The summed E-state index contributed by atoms with van der Waals surface area (Å²) in [6.45, 7) is 0. The maximum absolute atomic E-state index is 11.2. The number of nitrogens with zero attached hydrogens (tertiary/aromatic N) is 3. The molecule has 3 heterocycles. The minimum Gasteiger partial charge on any atom is -0.495 e. The van der Waals surface area contributed by atoms with E-state index in [1.165, 1.54) is 12.1 Å². The third-order valence-electron chi connectivity index (χ3n) is 5.77. The minimum atomic E-state index is -0.432. The van der Waals surface area contributed by atoms with E-state index in [0.29, 0.717) is 33.0 Å². The van der Waals surface area contributed by atoms with Gasteiger partial charge in [0.15, 0.2) is 5.11 Å². The van der Waals surface area contributed by atoms with Gasteiger partial charge in [-0.15, -0.1) is 0 Å². The quantitative estimate of drug-likeness (QED) is 0.191. The van der Waals surface area contributed by atoms with E-state index in [2.05, 4.69) is 10.3 Å². The van der Waals surface area contributed by atoms with Crippen LogP contribution in [0.25, 0.3) is 11.3 Å². The van der Waals surface area contributed by atoms with Crippen molar-refractivity contribution in [1.29, 1.82) is 0 Å². The van der Waals surface area contributed by atoms with Crippen molar-refractivity contribution >= 4 is 40.3 Å². The first-order valence-electron chi connectivity index (χ1n) is 10.6. The number of benzene rings is 2. The average molecular weight is 507 g/mol. The van der Waals surface area contributed by atoms with Crippen LogP contribution in [0.5, 0.6) is 5.75 Å². The van der Waals surface area contributed by atoms with Crippen molar-refractivity contribution < 1.29 is 14.1 Å². The van der Waals surface area contributed by atoms with Crippen LogP contribution in [0.4, 0.5) is 11.4 Å². The second kappa shape index (κ2) is 9.36. The fourth-order valence-corrected chi connectivity index (χ4v) is 4.76. The van der Waals surface area contributed by atoms with Crippen LogP contribution in [0.2, 0.25) is 5.02 Å². The number of nitro groups is 1. The van der Waals surface area contributed by atoms with Crippen molar-refractivity contribution in [3.05, 3.63) is 106 Å². The number of nitro benzene ring substituents is 1. The van der Waals surface area contributed by atoms with Crippen LogP contribution in [0.1, 0.15) is 23.5 Å². The van der Waals surface area contributed by atoms with E-state index in [1.54, 1.807) is 43.6 Å². The maximum atomic E-state index is 11.2. The Balaban J connectivity index is 1.59. The van der Waals surface area contributed by atoms with Crippen molar-refractivity contribution in [1.82, 2.24) is 10.3 Å². The second-order valence-electron chi connectivity index (χ2n) is 7.82. The van der Waals surface area contributed by atoms with E-state index in [0.717, 1.165) is 11.4 Å². The molecule has 1 aliphatic heterocycles. The molecule has 2 aromatic heterocycles. The number of aromatic nitrogens is 1. The highest BCUT2D eigenvalue weighted by molar-refractivity contribution is 7.80. The predicted molar refractivity (Wildman–Crippen MR) is 137 cm³/mol. The lowest BCUT2D eigenvalue weighted by Gasteiger charge is -2.26. The van der Waals surface area contributed by atoms with E-state index in [4.69, 9.17) is 33.0 Å². The van der Waals surface area contributed by atoms with Crippen LogP contribution in [-0.4, -0.2) is 22.1 Å². The molecule has 0 spiro atoms. The number of methoxy groups -OCH3 is 1. The molecule has 0 unspecified atom stereocenters. The lowest BCUT2D eigenvalue weighted by Crippen LogP contribution is -2.29. The normalized spacial score (nSPS) is 17.3. The number of thiocarbonyl (C=S) groups is 1. The number of hydrogen-bond acceptors (Lipinski definition) is 6. The topological polar surface area (TPSA) is 93.7 Å². The van der Waals surface area contributed by atoms with Gasteiger partial charge in [-0.1, -0.05) is 29.8 Å². The Bertz CT molecular complexity index is 1410. The summed E-state index contributed by atoms with van der Waals surface area (Å²) in [4.78, 5) is 17.3. The highest BCUT2D eigenvalue weighted by Crippen LogP contribution is 2.44. The van der Waals surface area contributed by atoms with E-state index < -0.39 is 11.0 Å². The largest absolute Gasteiger partial charge is 0.495 e. The van der Waals surface area contributed by atoms with Gasteiger partial charge in [0.1, 0.15) is 23.3 Å². The van der Waals surface area contributed by atoms with Gasteiger partial charge in [0, 0.05) is 29.6 Å². The van der Waals surface area contributed by atoms with Gasteiger partial charge in [0.05, 0.1) is 28.8 Å². The van der Waals surface area contributed by atoms with Gasteiger partial charge < -0.3 is 19.4 Å². The van der Waals surface area contributed by atoms with E-state index in [1.807, 2.05) is 35.2 Å². The van der Waals surface area contributed by atoms with Crippen LogP contribution in [-0.2, 0) is 0 Å². The predicted octanol–water partition coefficient (Wildman–Crippen LogP) is 6.09. The van der Waals surface area contributed by atoms with Crippen LogP contribution in [0.3, 0.4) is 0 Å². The molecule has 5 rings (SSSR count). The van der Waals surface area contributed by atoms with Gasteiger partial charge in [0.25, 0.3) is 5.69 Å². The van der Waals surface area contributed by atoms with Crippen LogP contribution < -0.4 is 15.0 Å². The van der Waals surface area contributed by atoms with Gasteiger partial charge in [0.2, 0.25) is 0 Å². The Morgan fingerprint density at radius 3 is 2.71 bits per heavy atom. The molecule has 0 bridgehead atoms. The van der Waals surface area contributed by atoms with Crippen molar-refractivity contribution in [2.45, 2.75) is 12.1 Å². The summed E-state index contributed by atoms with van der Waals surface area (Å²) in [7, 11) is 1.56. The molecular weight excluding hydrogens is 488 g/mol. The first-order valence-corrected chi connectivity index (χ1v) is 11.4. The number of pyridine rings is 1. The zero-order valence-electron chi connectivity index (χ0n) is 18.4. The molecule has 1 N–H and O–H groups in total. The molecule has 0 amide bonds. The Morgan fingerprint density at radius 1 is 1.14 bits per heavy atom. The van der Waals surface area contributed by atoms with Crippen LogP contribution in [0, 0.1) is 10.1 Å². The molecule has 4 aromatic rings. The highest BCUT2D eigenvalue weighted by atomic mass is 35.5. The molecule has 0 saturated carbocycles. The molecule has 2 atom stereocenters. The first kappa shape index (κ1) is 22.8. The minimum absolute atomic E-state index is 0.00924. The summed E-state index contributed by atoms with van der Waals surface area (Å²) in [5.41, 5.74) is 2.14. The monoisotopic (exact) mass is 506 g/mol. The van der Waals surface area contributed by atoms with E-state index >= 15 is 0 Å². The van der Waals surface area contributed by atoms with Crippen molar-refractivity contribution in [2.75, 3.05) is 12.0 Å². The molecule has 0 aliphatic carbocycles. The summed E-state index contributed by atoms with van der Waals surface area (Å²) in [6.07, 6.45) is 1.72. The van der Waals surface area contributed by atoms with Gasteiger partial charge in [-0.05, 0) is 54.7 Å². The van der Waals surface area contributed by atoms with Crippen molar-refractivity contribution in [3.8, 4) is 17.1 Å². The summed E-state index contributed by atoms with van der Waals surface area (Å²) in [5.74, 6) is 1.67. The van der Waals surface area contributed by atoms with E-state index in [-0.39, 0.29) is 11.7 Å². The Hall–Kier alpha value is -3.95. The lowest BCUT2D eigenvalue weighted by atomic mass is 10.0. The molecule has 1 saturated heterocycles. The Morgan fingerprint density at radius 2 is 2.00 bits per heavy atom. The standard InChI is InChI=1S/C25H19ClN4O4S/c1-33-21-9-8-16(14-18(21)26)29-24(23(28-25(29)35)19-7-2-3-12-27-19)22-11-10-20(34-22)15-5-4-6-17(13-15)30(31)32/h2-14,23-24H,1H3,(H,28,35)/t23-,24-/m1/s1. The Kier molecular flexibility index (Phi) is 6.10. The molecule has 2 aromatic carbocycles. The number of hydrogen-bond donors (Lipinski definition) is 1. The van der Waals surface area contributed by atoms with Gasteiger partial charge in [-0.25, -0.2) is 0 Å². The molecule has 0 radical (unpaired) electrons. The molecular formula is C25H19ClN4O4S. The van der Waals surface area contributed by atoms with Gasteiger partial charge in [-0.3, -0.25) is 15.1 Å². The zero-order valence-corrected chi connectivity index (χ0v) is 20.0. The van der Waals surface area contributed by atoms with Crippen LogP contribution >= 0.6 is 23.8 Å². The fourth-order valence-electron chi connectivity index (χ4n) is 4.17. The summed E-state index contributed by atoms with van der Waals surface area (Å²) in [6, 6.07) is 20.4. The SMILES string of the molecule is COc1ccc(N2C(=S)N[C@H](c3ccccn3)[C@H]2c2ccc(-c3cccc([N+](=O)[O-])c3)o2)cc1Cl. The van der Waals surface area contributed by atoms with E-state index in [9.17, 15) is 10.1 Å². The number of furan rings is 1.